The van der Waals surface area contributed by atoms with Gasteiger partial charge in [0.1, 0.15) is 0 Å². The van der Waals surface area contributed by atoms with Crippen LogP contribution in [0.25, 0.3) is 11.4 Å². The van der Waals surface area contributed by atoms with Crippen LogP contribution in [-0.2, 0) is 4.79 Å². The van der Waals surface area contributed by atoms with Crippen molar-refractivity contribution in [2.24, 2.45) is 5.92 Å². The highest BCUT2D eigenvalue weighted by molar-refractivity contribution is 5.75. The second kappa shape index (κ2) is 7.60. The lowest BCUT2D eigenvalue weighted by atomic mass is 9.90. The first-order chi connectivity index (χ1) is 12.0. The van der Waals surface area contributed by atoms with Gasteiger partial charge in [0, 0.05) is 5.56 Å². The van der Waals surface area contributed by atoms with E-state index in [0.717, 1.165) is 24.8 Å². The Morgan fingerprint density at radius 3 is 2.40 bits per heavy atom. The second-order valence-corrected chi connectivity index (χ2v) is 6.96. The zero-order chi connectivity index (χ0) is 17.8. The predicted octanol–water partition coefficient (Wildman–Crippen LogP) is 4.92. The number of esters is 1. The van der Waals surface area contributed by atoms with E-state index in [1.807, 2.05) is 12.1 Å². The zero-order valence-corrected chi connectivity index (χ0v) is 15.0. The maximum atomic E-state index is 12.2. The van der Waals surface area contributed by atoms with E-state index in [2.05, 4.69) is 48.9 Å². The lowest BCUT2D eigenvalue weighted by Gasteiger charge is -2.18. The molecule has 4 heteroatoms. The van der Waals surface area contributed by atoms with Crippen LogP contribution in [0.5, 0.6) is 5.75 Å². The van der Waals surface area contributed by atoms with E-state index in [0.29, 0.717) is 17.5 Å². The molecule has 0 bridgehead atoms. The van der Waals surface area contributed by atoms with Gasteiger partial charge < -0.3 is 4.74 Å². The summed E-state index contributed by atoms with van der Waals surface area (Å²) < 4.78 is 5.44. The van der Waals surface area contributed by atoms with Gasteiger partial charge >= 0.3 is 5.97 Å². The standard InChI is InChI=1S/C21H24N2O2/c1-14(2)16-8-10-17(11-9-16)20-22-12-19(13-23-20)25-21(24)18-6-4-15(3)5-7-18/h4,8-14,18H,5-7H2,1-3H3. The Bertz CT molecular complexity index is 761. The van der Waals surface area contributed by atoms with Crippen molar-refractivity contribution in [1.82, 2.24) is 9.97 Å². The van der Waals surface area contributed by atoms with Crippen molar-refractivity contribution >= 4 is 5.97 Å². The fourth-order valence-corrected chi connectivity index (χ4v) is 2.91. The van der Waals surface area contributed by atoms with Crippen molar-refractivity contribution in [1.29, 1.82) is 0 Å². The molecule has 4 nitrogen and oxygen atoms in total. The summed E-state index contributed by atoms with van der Waals surface area (Å²) in [4.78, 5) is 20.9. The molecule has 1 aromatic heterocycles. The molecule has 130 valence electrons. The third kappa shape index (κ3) is 4.32. The number of hydrogen-bond donors (Lipinski definition) is 0. The quantitative estimate of drug-likeness (QED) is 0.587. The Hall–Kier alpha value is -2.49. The Kier molecular flexibility index (Phi) is 5.27. The molecule has 0 aliphatic heterocycles. The summed E-state index contributed by atoms with van der Waals surface area (Å²) in [6.07, 6.45) is 7.83. The molecule has 1 heterocycles. The Morgan fingerprint density at radius 1 is 1.16 bits per heavy atom. The summed E-state index contributed by atoms with van der Waals surface area (Å²) in [5.41, 5.74) is 3.58. The molecule has 0 amide bonds. The van der Waals surface area contributed by atoms with Crippen molar-refractivity contribution < 1.29 is 9.53 Å². The summed E-state index contributed by atoms with van der Waals surface area (Å²) in [5, 5.41) is 0. The second-order valence-electron chi connectivity index (χ2n) is 6.96. The van der Waals surface area contributed by atoms with Crippen molar-refractivity contribution in [2.45, 2.75) is 46.0 Å². The number of ether oxygens (including phenoxy) is 1. The van der Waals surface area contributed by atoms with Gasteiger partial charge in [-0.15, -0.1) is 0 Å². The molecule has 3 rings (SSSR count). The van der Waals surface area contributed by atoms with Crippen LogP contribution in [0.1, 0.15) is 51.5 Å². The minimum Gasteiger partial charge on any atom is -0.423 e. The predicted molar refractivity (Wildman–Crippen MR) is 98.3 cm³/mol. The lowest BCUT2D eigenvalue weighted by Crippen LogP contribution is -2.22. The summed E-state index contributed by atoms with van der Waals surface area (Å²) in [6.45, 7) is 6.43. The summed E-state index contributed by atoms with van der Waals surface area (Å²) in [7, 11) is 0. The molecule has 0 saturated carbocycles. The summed E-state index contributed by atoms with van der Waals surface area (Å²) in [6, 6.07) is 8.23. The van der Waals surface area contributed by atoms with Crippen LogP contribution >= 0.6 is 0 Å². The van der Waals surface area contributed by atoms with Crippen LogP contribution in [0.4, 0.5) is 0 Å². The van der Waals surface area contributed by atoms with Gasteiger partial charge in [-0.3, -0.25) is 4.79 Å². The Morgan fingerprint density at radius 2 is 1.84 bits per heavy atom. The van der Waals surface area contributed by atoms with Crippen LogP contribution in [0, 0.1) is 5.92 Å². The molecule has 0 fully saturated rings. The number of benzene rings is 1. The molecule has 1 unspecified atom stereocenters. The number of nitrogens with zero attached hydrogens (tertiary/aromatic N) is 2. The molecule has 0 radical (unpaired) electrons. The minimum absolute atomic E-state index is 0.0630. The molecule has 0 spiro atoms. The molecule has 1 aromatic carbocycles. The van der Waals surface area contributed by atoms with E-state index >= 15 is 0 Å². The number of carbonyl (C=O) groups excluding carboxylic acids is 1. The number of allylic oxidation sites excluding steroid dienone is 2. The first kappa shape index (κ1) is 17.3. The molecule has 1 atom stereocenters. The number of aromatic nitrogens is 2. The summed E-state index contributed by atoms with van der Waals surface area (Å²) >= 11 is 0. The third-order valence-corrected chi connectivity index (χ3v) is 4.65. The molecular formula is C21H24N2O2. The van der Waals surface area contributed by atoms with Gasteiger partial charge in [-0.2, -0.15) is 0 Å². The van der Waals surface area contributed by atoms with Crippen LogP contribution in [0.3, 0.4) is 0 Å². The average molecular weight is 336 g/mol. The fraction of sp³-hybridized carbons (Fsp3) is 0.381. The SMILES string of the molecule is CC1=CCC(C(=O)Oc2cnc(-c3ccc(C(C)C)cc3)nc2)CC1. The van der Waals surface area contributed by atoms with Gasteiger partial charge in [0.25, 0.3) is 0 Å². The average Bonchev–Trinajstić information content (AvgIpc) is 2.63. The largest absolute Gasteiger partial charge is 0.423 e. The van der Waals surface area contributed by atoms with Crippen LogP contribution in [-0.4, -0.2) is 15.9 Å². The van der Waals surface area contributed by atoms with Crippen molar-refractivity contribution in [3.05, 3.63) is 53.9 Å². The highest BCUT2D eigenvalue weighted by Gasteiger charge is 2.22. The minimum atomic E-state index is -0.193. The van der Waals surface area contributed by atoms with Crippen molar-refractivity contribution in [3.8, 4) is 17.1 Å². The molecule has 0 saturated heterocycles. The molecule has 1 aliphatic carbocycles. The summed E-state index contributed by atoms with van der Waals surface area (Å²) in [5.74, 6) is 1.27. The normalized spacial score (nSPS) is 17.3. The van der Waals surface area contributed by atoms with Gasteiger partial charge in [-0.25, -0.2) is 9.97 Å². The Balaban J connectivity index is 1.65. The van der Waals surface area contributed by atoms with E-state index in [9.17, 15) is 4.79 Å². The number of carbonyl (C=O) groups is 1. The number of hydrogen-bond acceptors (Lipinski definition) is 4. The molecule has 25 heavy (non-hydrogen) atoms. The van der Waals surface area contributed by atoms with E-state index < -0.39 is 0 Å². The van der Waals surface area contributed by atoms with Crippen molar-refractivity contribution in [2.75, 3.05) is 0 Å². The topological polar surface area (TPSA) is 52.1 Å². The van der Waals surface area contributed by atoms with E-state index in [-0.39, 0.29) is 11.9 Å². The smallest absolute Gasteiger partial charge is 0.314 e. The first-order valence-corrected chi connectivity index (χ1v) is 8.82. The first-order valence-electron chi connectivity index (χ1n) is 8.82. The molecular weight excluding hydrogens is 312 g/mol. The lowest BCUT2D eigenvalue weighted by molar-refractivity contribution is -0.139. The van der Waals surface area contributed by atoms with E-state index in [1.54, 1.807) is 12.4 Å². The van der Waals surface area contributed by atoms with Crippen LogP contribution in [0.15, 0.2) is 48.3 Å². The van der Waals surface area contributed by atoms with Crippen molar-refractivity contribution in [3.63, 3.8) is 0 Å². The van der Waals surface area contributed by atoms with Gasteiger partial charge in [0.2, 0.25) is 0 Å². The van der Waals surface area contributed by atoms with Crippen LogP contribution in [0.2, 0.25) is 0 Å². The molecule has 1 aliphatic rings. The highest BCUT2D eigenvalue weighted by Crippen LogP contribution is 2.25. The van der Waals surface area contributed by atoms with Gasteiger partial charge in [-0.05, 0) is 37.7 Å². The zero-order valence-electron chi connectivity index (χ0n) is 15.0. The monoisotopic (exact) mass is 336 g/mol. The van der Waals surface area contributed by atoms with E-state index in [4.69, 9.17) is 4.74 Å². The van der Waals surface area contributed by atoms with Gasteiger partial charge in [-0.1, -0.05) is 49.8 Å². The third-order valence-electron chi connectivity index (χ3n) is 4.65. The van der Waals surface area contributed by atoms with Crippen LogP contribution < -0.4 is 4.74 Å². The number of rotatable bonds is 4. The van der Waals surface area contributed by atoms with E-state index in [1.165, 1.54) is 11.1 Å². The maximum absolute atomic E-state index is 12.2. The van der Waals surface area contributed by atoms with Gasteiger partial charge in [0.05, 0.1) is 18.3 Å². The highest BCUT2D eigenvalue weighted by atomic mass is 16.5. The molecule has 0 N–H and O–H groups in total. The molecule has 2 aromatic rings. The Labute approximate surface area is 149 Å². The van der Waals surface area contributed by atoms with Gasteiger partial charge in [0.15, 0.2) is 11.6 Å². The fourth-order valence-electron chi connectivity index (χ4n) is 2.91. The maximum Gasteiger partial charge on any atom is 0.314 e.